The van der Waals surface area contributed by atoms with Gasteiger partial charge in [0.25, 0.3) is 0 Å². The highest BCUT2D eigenvalue weighted by atomic mass is 15.3. The molecule has 0 amide bonds. The largest absolute Gasteiger partial charge is 0.329 e. The van der Waals surface area contributed by atoms with E-state index in [-0.39, 0.29) is 0 Å². The van der Waals surface area contributed by atoms with Crippen molar-refractivity contribution in [1.82, 2.24) is 14.7 Å². The zero-order valence-electron chi connectivity index (χ0n) is 9.39. The number of hydrogen-bond acceptors (Lipinski definition) is 3. The molecule has 2 N–H and O–H groups in total. The average molecular weight is 208 g/mol. The van der Waals surface area contributed by atoms with Crippen LogP contribution < -0.4 is 5.73 Å². The summed E-state index contributed by atoms with van der Waals surface area (Å²) in [5, 5.41) is 4.19. The minimum absolute atomic E-state index is 0.564. The molecule has 1 aromatic rings. The molecule has 1 unspecified atom stereocenters. The highest BCUT2D eigenvalue weighted by Gasteiger charge is 2.21. The fraction of sp³-hybridized carbons (Fsp3) is 0.727. The van der Waals surface area contributed by atoms with Gasteiger partial charge in [-0.05, 0) is 25.5 Å². The van der Waals surface area contributed by atoms with Gasteiger partial charge in [-0.25, -0.2) is 0 Å². The maximum atomic E-state index is 5.80. The molecule has 2 rings (SSSR count). The molecule has 0 bridgehead atoms. The highest BCUT2D eigenvalue weighted by Crippen LogP contribution is 2.18. The summed E-state index contributed by atoms with van der Waals surface area (Å²) in [5.74, 6) is 0. The van der Waals surface area contributed by atoms with Crippen molar-refractivity contribution < 1.29 is 0 Å². The first-order chi connectivity index (χ1) is 7.31. The van der Waals surface area contributed by atoms with Crippen LogP contribution >= 0.6 is 0 Å². The van der Waals surface area contributed by atoms with Crippen molar-refractivity contribution in [1.29, 1.82) is 0 Å². The van der Waals surface area contributed by atoms with Crippen LogP contribution in [0.1, 0.15) is 25.0 Å². The lowest BCUT2D eigenvalue weighted by Gasteiger charge is -2.34. The average Bonchev–Trinajstić information content (AvgIpc) is 2.65. The molecule has 0 aromatic carbocycles. The Labute approximate surface area is 91.1 Å². The van der Waals surface area contributed by atoms with Gasteiger partial charge in [-0.1, -0.05) is 6.42 Å². The van der Waals surface area contributed by atoms with Crippen molar-refractivity contribution in [2.24, 2.45) is 12.8 Å². The number of aromatic nitrogens is 2. The monoisotopic (exact) mass is 208 g/mol. The molecule has 2 heterocycles. The molecule has 1 atom stereocenters. The molecule has 0 saturated carbocycles. The van der Waals surface area contributed by atoms with E-state index in [4.69, 9.17) is 5.73 Å². The molecular formula is C11H20N4. The molecule has 4 nitrogen and oxygen atoms in total. The van der Waals surface area contributed by atoms with Crippen molar-refractivity contribution >= 4 is 0 Å². The lowest BCUT2D eigenvalue weighted by Crippen LogP contribution is -2.43. The molecule has 1 saturated heterocycles. The van der Waals surface area contributed by atoms with E-state index in [0.717, 1.165) is 13.1 Å². The van der Waals surface area contributed by atoms with Crippen LogP contribution in [0.4, 0.5) is 0 Å². The summed E-state index contributed by atoms with van der Waals surface area (Å²) < 4.78 is 1.95. The van der Waals surface area contributed by atoms with Gasteiger partial charge in [-0.3, -0.25) is 9.58 Å². The van der Waals surface area contributed by atoms with Crippen molar-refractivity contribution in [3.05, 3.63) is 18.0 Å². The van der Waals surface area contributed by atoms with E-state index in [1.54, 1.807) is 0 Å². The second-order valence-corrected chi connectivity index (χ2v) is 4.30. The molecule has 0 aliphatic carbocycles. The number of nitrogens with two attached hydrogens (primary N) is 1. The second-order valence-electron chi connectivity index (χ2n) is 4.30. The number of hydrogen-bond donors (Lipinski definition) is 1. The molecule has 4 heteroatoms. The van der Waals surface area contributed by atoms with E-state index in [1.165, 1.54) is 31.5 Å². The van der Waals surface area contributed by atoms with Crippen molar-refractivity contribution in [3.8, 4) is 0 Å². The summed E-state index contributed by atoms with van der Waals surface area (Å²) in [6.07, 6.45) is 5.73. The first kappa shape index (κ1) is 10.6. The first-order valence-electron chi connectivity index (χ1n) is 5.72. The number of nitrogens with zero attached hydrogens (tertiary/aromatic N) is 3. The fourth-order valence-electron chi connectivity index (χ4n) is 2.30. The van der Waals surface area contributed by atoms with Crippen LogP contribution in [0.25, 0.3) is 0 Å². The second kappa shape index (κ2) is 4.77. The van der Waals surface area contributed by atoms with Gasteiger partial charge in [0.1, 0.15) is 0 Å². The molecular weight excluding hydrogens is 188 g/mol. The fourth-order valence-corrected chi connectivity index (χ4v) is 2.30. The van der Waals surface area contributed by atoms with Crippen LogP contribution in [0, 0.1) is 0 Å². The summed E-state index contributed by atoms with van der Waals surface area (Å²) in [5.41, 5.74) is 7.07. The third kappa shape index (κ3) is 2.38. The Bertz CT molecular complexity index is 307. The number of rotatable bonds is 3. The zero-order chi connectivity index (χ0) is 10.7. The van der Waals surface area contributed by atoms with Gasteiger partial charge in [0.05, 0.1) is 5.69 Å². The van der Waals surface area contributed by atoms with Crippen LogP contribution in [-0.2, 0) is 13.6 Å². The van der Waals surface area contributed by atoms with E-state index in [1.807, 2.05) is 17.9 Å². The standard InChI is InChI=1S/C11H20N4/c1-14-11(5-6-13-14)9-15-7-3-2-4-10(15)8-12/h5-6,10H,2-4,7-9,12H2,1H3. The Kier molecular flexibility index (Phi) is 3.38. The molecule has 15 heavy (non-hydrogen) atoms. The third-order valence-corrected chi connectivity index (χ3v) is 3.31. The maximum Gasteiger partial charge on any atom is 0.0521 e. The number of aryl methyl sites for hydroxylation is 1. The van der Waals surface area contributed by atoms with Gasteiger partial charge in [0.2, 0.25) is 0 Å². The zero-order valence-corrected chi connectivity index (χ0v) is 9.39. The number of likely N-dealkylation sites (tertiary alicyclic amines) is 1. The summed E-state index contributed by atoms with van der Waals surface area (Å²) in [4.78, 5) is 2.49. The molecule has 0 spiro atoms. The normalized spacial score (nSPS) is 23.2. The van der Waals surface area contributed by atoms with Crippen molar-refractivity contribution in [3.63, 3.8) is 0 Å². The van der Waals surface area contributed by atoms with E-state index in [0.29, 0.717) is 6.04 Å². The van der Waals surface area contributed by atoms with Gasteiger partial charge in [0, 0.05) is 32.4 Å². The topological polar surface area (TPSA) is 47.1 Å². The summed E-state index contributed by atoms with van der Waals surface area (Å²) in [6.45, 7) is 2.93. The molecule has 0 radical (unpaired) electrons. The molecule has 84 valence electrons. The third-order valence-electron chi connectivity index (χ3n) is 3.31. The predicted molar refractivity (Wildman–Crippen MR) is 60.3 cm³/mol. The van der Waals surface area contributed by atoms with Gasteiger partial charge >= 0.3 is 0 Å². The molecule has 1 aliphatic rings. The van der Waals surface area contributed by atoms with Gasteiger partial charge < -0.3 is 5.73 Å². The maximum absolute atomic E-state index is 5.80. The summed E-state index contributed by atoms with van der Waals surface area (Å²) >= 11 is 0. The summed E-state index contributed by atoms with van der Waals surface area (Å²) in [7, 11) is 2.00. The Hall–Kier alpha value is -0.870. The van der Waals surface area contributed by atoms with E-state index in [2.05, 4.69) is 16.1 Å². The van der Waals surface area contributed by atoms with Crippen molar-refractivity contribution in [2.45, 2.75) is 31.8 Å². The first-order valence-corrected chi connectivity index (χ1v) is 5.72. The van der Waals surface area contributed by atoms with E-state index in [9.17, 15) is 0 Å². The minimum Gasteiger partial charge on any atom is -0.329 e. The van der Waals surface area contributed by atoms with Crippen LogP contribution in [0.3, 0.4) is 0 Å². The smallest absolute Gasteiger partial charge is 0.0521 e. The lowest BCUT2D eigenvalue weighted by atomic mass is 10.0. The number of piperidine rings is 1. The molecule has 1 aromatic heterocycles. The Morgan fingerprint density at radius 2 is 2.40 bits per heavy atom. The van der Waals surface area contributed by atoms with Crippen LogP contribution in [0.15, 0.2) is 12.3 Å². The van der Waals surface area contributed by atoms with Crippen molar-refractivity contribution in [2.75, 3.05) is 13.1 Å². The van der Waals surface area contributed by atoms with Crippen LogP contribution in [0.5, 0.6) is 0 Å². The molecule has 1 fully saturated rings. The SMILES string of the molecule is Cn1nccc1CN1CCCCC1CN. The predicted octanol–water partition coefficient (Wildman–Crippen LogP) is 0.733. The van der Waals surface area contributed by atoms with E-state index < -0.39 is 0 Å². The quantitative estimate of drug-likeness (QED) is 0.796. The Morgan fingerprint density at radius 1 is 1.53 bits per heavy atom. The summed E-state index contributed by atoms with van der Waals surface area (Å²) in [6, 6.07) is 2.65. The molecule has 1 aliphatic heterocycles. The van der Waals surface area contributed by atoms with Crippen LogP contribution in [0.2, 0.25) is 0 Å². The van der Waals surface area contributed by atoms with Gasteiger partial charge in [-0.2, -0.15) is 5.10 Å². The Balaban J connectivity index is 2.00. The Morgan fingerprint density at radius 3 is 3.07 bits per heavy atom. The van der Waals surface area contributed by atoms with Crippen LogP contribution in [-0.4, -0.2) is 33.8 Å². The van der Waals surface area contributed by atoms with E-state index >= 15 is 0 Å². The lowest BCUT2D eigenvalue weighted by molar-refractivity contribution is 0.141. The van der Waals surface area contributed by atoms with Gasteiger partial charge in [-0.15, -0.1) is 0 Å². The highest BCUT2D eigenvalue weighted by molar-refractivity contribution is 5.00. The minimum atomic E-state index is 0.564. The van der Waals surface area contributed by atoms with Gasteiger partial charge in [0.15, 0.2) is 0 Å².